The molecule has 1 aromatic heterocycles. The number of nitrogens with one attached hydrogen (secondary N) is 2. The van der Waals surface area contributed by atoms with Gasteiger partial charge in [0.15, 0.2) is 5.82 Å². The number of nitrogens with zero attached hydrogens (tertiary/aromatic N) is 1. The molecule has 0 spiro atoms. The summed E-state index contributed by atoms with van der Waals surface area (Å²) in [5, 5.41) is 18.6. The Morgan fingerprint density at radius 2 is 2.05 bits per heavy atom. The number of aromatic amines is 1. The van der Waals surface area contributed by atoms with Gasteiger partial charge in [-0.25, -0.2) is 13.6 Å². The van der Waals surface area contributed by atoms with E-state index < -0.39 is 17.6 Å². The SMILES string of the molecule is Cc1[nH]nc2c(F)c(Nc3ccccc3F)c(C(=O)O)cc12. The summed E-state index contributed by atoms with van der Waals surface area (Å²) in [6, 6.07) is 6.93. The number of carboxylic acids is 1. The molecule has 22 heavy (non-hydrogen) atoms. The van der Waals surface area contributed by atoms with Crippen LogP contribution in [0.15, 0.2) is 30.3 Å². The zero-order chi connectivity index (χ0) is 15.9. The molecule has 7 heteroatoms. The number of hydrogen-bond donors (Lipinski definition) is 3. The molecule has 0 fully saturated rings. The number of halogens is 2. The maximum Gasteiger partial charge on any atom is 0.337 e. The lowest BCUT2D eigenvalue weighted by atomic mass is 10.1. The third-order valence-corrected chi connectivity index (χ3v) is 3.34. The minimum absolute atomic E-state index is 0.00124. The lowest BCUT2D eigenvalue weighted by Gasteiger charge is -2.12. The highest BCUT2D eigenvalue weighted by Crippen LogP contribution is 2.32. The fourth-order valence-electron chi connectivity index (χ4n) is 2.22. The van der Waals surface area contributed by atoms with Crippen LogP contribution in [-0.4, -0.2) is 21.3 Å². The molecule has 0 radical (unpaired) electrons. The number of anilines is 2. The van der Waals surface area contributed by atoms with Gasteiger partial charge in [0.05, 0.1) is 16.9 Å². The maximum absolute atomic E-state index is 14.6. The monoisotopic (exact) mass is 303 g/mol. The van der Waals surface area contributed by atoms with E-state index in [4.69, 9.17) is 0 Å². The van der Waals surface area contributed by atoms with E-state index in [-0.39, 0.29) is 22.5 Å². The molecular formula is C15H11F2N3O2. The van der Waals surface area contributed by atoms with Crippen LogP contribution in [-0.2, 0) is 0 Å². The second-order valence-corrected chi connectivity index (χ2v) is 4.77. The molecule has 0 saturated carbocycles. The summed E-state index contributed by atoms with van der Waals surface area (Å²) in [4.78, 5) is 11.4. The van der Waals surface area contributed by atoms with Crippen molar-refractivity contribution in [3.05, 3.63) is 53.2 Å². The molecule has 0 aliphatic heterocycles. The molecule has 3 rings (SSSR count). The Morgan fingerprint density at radius 3 is 2.73 bits per heavy atom. The van der Waals surface area contributed by atoms with Crippen molar-refractivity contribution in [1.82, 2.24) is 10.2 Å². The summed E-state index contributed by atoms with van der Waals surface area (Å²) < 4.78 is 28.3. The van der Waals surface area contributed by atoms with Crippen LogP contribution < -0.4 is 5.32 Å². The second-order valence-electron chi connectivity index (χ2n) is 4.77. The van der Waals surface area contributed by atoms with Crippen LogP contribution in [0.5, 0.6) is 0 Å². The molecule has 0 saturated heterocycles. The van der Waals surface area contributed by atoms with Gasteiger partial charge in [-0.15, -0.1) is 0 Å². The zero-order valence-corrected chi connectivity index (χ0v) is 11.4. The predicted molar refractivity (Wildman–Crippen MR) is 77.4 cm³/mol. The Morgan fingerprint density at radius 1 is 1.32 bits per heavy atom. The predicted octanol–water partition coefficient (Wildman–Crippen LogP) is 3.59. The van der Waals surface area contributed by atoms with E-state index in [2.05, 4.69) is 15.5 Å². The number of carbonyl (C=O) groups is 1. The summed E-state index contributed by atoms with van der Waals surface area (Å²) >= 11 is 0. The maximum atomic E-state index is 14.6. The van der Waals surface area contributed by atoms with Gasteiger partial charge in [0.2, 0.25) is 0 Å². The first-order valence-corrected chi connectivity index (χ1v) is 6.41. The van der Waals surface area contributed by atoms with Crippen LogP contribution >= 0.6 is 0 Å². The Bertz CT molecular complexity index is 890. The van der Waals surface area contributed by atoms with Crippen molar-refractivity contribution in [2.75, 3.05) is 5.32 Å². The van der Waals surface area contributed by atoms with Gasteiger partial charge in [-0.3, -0.25) is 5.10 Å². The van der Waals surface area contributed by atoms with Gasteiger partial charge in [-0.1, -0.05) is 12.1 Å². The number of benzene rings is 2. The molecule has 3 aromatic rings. The molecule has 3 N–H and O–H groups in total. The van der Waals surface area contributed by atoms with Gasteiger partial charge in [-0.05, 0) is 25.1 Å². The minimum Gasteiger partial charge on any atom is -0.478 e. The number of rotatable bonds is 3. The van der Waals surface area contributed by atoms with Crippen LogP contribution in [0.1, 0.15) is 16.1 Å². The molecule has 0 aliphatic rings. The van der Waals surface area contributed by atoms with E-state index >= 15 is 0 Å². The second kappa shape index (κ2) is 5.10. The number of aryl methyl sites for hydroxylation is 1. The van der Waals surface area contributed by atoms with Crippen molar-refractivity contribution in [3.8, 4) is 0 Å². The van der Waals surface area contributed by atoms with Gasteiger partial charge in [0.25, 0.3) is 0 Å². The quantitative estimate of drug-likeness (QED) is 0.691. The smallest absolute Gasteiger partial charge is 0.337 e. The average Bonchev–Trinajstić information content (AvgIpc) is 2.85. The first-order chi connectivity index (χ1) is 10.5. The van der Waals surface area contributed by atoms with Crippen molar-refractivity contribution in [3.63, 3.8) is 0 Å². The van der Waals surface area contributed by atoms with Gasteiger partial charge < -0.3 is 10.4 Å². The van der Waals surface area contributed by atoms with Crippen LogP contribution in [0.3, 0.4) is 0 Å². The standard InChI is InChI=1S/C15H11F2N3O2/c1-7-8-6-9(15(21)22)13(12(17)14(8)20-19-7)18-11-5-3-2-4-10(11)16/h2-6,18H,1H3,(H,19,20)(H,21,22). The summed E-state index contributed by atoms with van der Waals surface area (Å²) in [6.45, 7) is 1.66. The largest absolute Gasteiger partial charge is 0.478 e. The van der Waals surface area contributed by atoms with Crippen LogP contribution in [0.2, 0.25) is 0 Å². The highest BCUT2D eigenvalue weighted by Gasteiger charge is 2.21. The summed E-state index contributed by atoms with van der Waals surface area (Å²) in [5.74, 6) is -2.78. The number of aromatic nitrogens is 2. The topological polar surface area (TPSA) is 78.0 Å². The molecule has 0 atom stereocenters. The van der Waals surface area contributed by atoms with E-state index in [9.17, 15) is 18.7 Å². The Labute approximate surface area is 123 Å². The lowest BCUT2D eigenvalue weighted by molar-refractivity contribution is 0.0697. The number of H-pyrrole nitrogens is 1. The van der Waals surface area contributed by atoms with E-state index in [0.29, 0.717) is 11.1 Å². The molecule has 0 aliphatic carbocycles. The average molecular weight is 303 g/mol. The summed E-state index contributed by atoms with van der Waals surface area (Å²) in [6.07, 6.45) is 0. The summed E-state index contributed by atoms with van der Waals surface area (Å²) in [7, 11) is 0. The van der Waals surface area contributed by atoms with Crippen molar-refractivity contribution in [2.24, 2.45) is 0 Å². The minimum atomic E-state index is -1.32. The number of aromatic carboxylic acids is 1. The van der Waals surface area contributed by atoms with Crippen molar-refractivity contribution >= 4 is 28.2 Å². The van der Waals surface area contributed by atoms with Gasteiger partial charge in [-0.2, -0.15) is 5.10 Å². The molecular weight excluding hydrogens is 292 g/mol. The Balaban J connectivity index is 2.23. The molecule has 2 aromatic carbocycles. The number of carboxylic acid groups (broad SMARTS) is 1. The van der Waals surface area contributed by atoms with Crippen LogP contribution in [0.25, 0.3) is 10.9 Å². The normalized spacial score (nSPS) is 10.9. The molecule has 1 heterocycles. The molecule has 112 valence electrons. The first kappa shape index (κ1) is 14.0. The molecule has 0 amide bonds. The van der Waals surface area contributed by atoms with Crippen LogP contribution in [0, 0.1) is 18.6 Å². The van der Waals surface area contributed by atoms with E-state index in [1.165, 1.54) is 24.3 Å². The molecule has 0 unspecified atom stereocenters. The van der Waals surface area contributed by atoms with Crippen molar-refractivity contribution in [2.45, 2.75) is 6.92 Å². The van der Waals surface area contributed by atoms with Gasteiger partial charge in [0, 0.05) is 11.1 Å². The fourth-order valence-corrected chi connectivity index (χ4v) is 2.22. The fraction of sp³-hybridized carbons (Fsp3) is 0.0667. The molecule has 5 nitrogen and oxygen atoms in total. The van der Waals surface area contributed by atoms with Gasteiger partial charge >= 0.3 is 5.97 Å². The van der Waals surface area contributed by atoms with Crippen molar-refractivity contribution < 1.29 is 18.7 Å². The van der Waals surface area contributed by atoms with E-state index in [1.54, 1.807) is 13.0 Å². The summed E-state index contributed by atoms with van der Waals surface area (Å²) in [5.41, 5.74) is -0.0833. The number of hydrogen-bond acceptors (Lipinski definition) is 3. The molecule has 0 bridgehead atoms. The third kappa shape index (κ3) is 2.16. The van der Waals surface area contributed by atoms with Crippen molar-refractivity contribution in [1.29, 1.82) is 0 Å². The Kier molecular flexibility index (Phi) is 3.25. The van der Waals surface area contributed by atoms with Gasteiger partial charge in [0.1, 0.15) is 11.3 Å². The Hall–Kier alpha value is -2.96. The highest BCUT2D eigenvalue weighted by atomic mass is 19.1. The third-order valence-electron chi connectivity index (χ3n) is 3.34. The number of para-hydroxylation sites is 1. The van der Waals surface area contributed by atoms with E-state index in [0.717, 1.165) is 0 Å². The lowest BCUT2D eigenvalue weighted by Crippen LogP contribution is -2.06. The zero-order valence-electron chi connectivity index (χ0n) is 11.4. The first-order valence-electron chi connectivity index (χ1n) is 6.41. The highest BCUT2D eigenvalue weighted by molar-refractivity contribution is 6.01. The number of fused-ring (bicyclic) bond motifs is 1. The van der Waals surface area contributed by atoms with E-state index in [1.807, 2.05) is 0 Å². The van der Waals surface area contributed by atoms with Crippen LogP contribution in [0.4, 0.5) is 20.2 Å².